The number of hydrogen-bond acceptors (Lipinski definition) is 7. The first kappa shape index (κ1) is 18.4. The van der Waals surface area contributed by atoms with Crippen LogP contribution in [0.4, 0.5) is 0 Å². The van der Waals surface area contributed by atoms with E-state index >= 15 is 0 Å². The fourth-order valence-corrected chi connectivity index (χ4v) is 3.25. The molecule has 3 aromatic rings. The van der Waals surface area contributed by atoms with E-state index in [2.05, 4.69) is 25.1 Å². The van der Waals surface area contributed by atoms with E-state index in [0.29, 0.717) is 23.0 Å². The minimum absolute atomic E-state index is 0.0430. The van der Waals surface area contributed by atoms with E-state index in [0.717, 1.165) is 5.69 Å². The van der Waals surface area contributed by atoms with E-state index in [1.807, 2.05) is 0 Å². The third-order valence-corrected chi connectivity index (χ3v) is 5.07. The van der Waals surface area contributed by atoms with Crippen LogP contribution in [0.5, 0.6) is 0 Å². The fourth-order valence-electron chi connectivity index (χ4n) is 2.12. The Labute approximate surface area is 154 Å². The van der Waals surface area contributed by atoms with Crippen LogP contribution in [-0.2, 0) is 16.6 Å². The van der Waals surface area contributed by atoms with E-state index in [-0.39, 0.29) is 18.0 Å². The highest BCUT2D eigenvalue weighted by molar-refractivity contribution is 7.89. The number of nitrogens with one attached hydrogen (secondary N) is 1. The van der Waals surface area contributed by atoms with Crippen molar-refractivity contribution in [2.45, 2.75) is 11.4 Å². The lowest BCUT2D eigenvalue weighted by atomic mass is 10.2. The summed E-state index contributed by atoms with van der Waals surface area (Å²) in [4.78, 5) is 5.64. The van der Waals surface area contributed by atoms with Gasteiger partial charge in [-0.1, -0.05) is 11.6 Å². The third kappa shape index (κ3) is 4.41. The van der Waals surface area contributed by atoms with Crippen molar-refractivity contribution in [1.29, 1.82) is 0 Å². The Bertz CT molecular complexity index is 973. The summed E-state index contributed by atoms with van der Waals surface area (Å²) in [7, 11) is -3.65. The predicted molar refractivity (Wildman–Crippen MR) is 93.9 cm³/mol. The van der Waals surface area contributed by atoms with Gasteiger partial charge in [0.05, 0.1) is 22.2 Å². The fraction of sp³-hybridized carbons (Fsp3) is 0.200. The molecule has 0 atom stereocenters. The number of pyridine rings is 1. The van der Waals surface area contributed by atoms with Crippen molar-refractivity contribution >= 4 is 21.6 Å². The lowest BCUT2D eigenvalue weighted by Gasteiger charge is -2.05. The number of aromatic nitrogens is 5. The standard InChI is InChI=1S/C15H15ClN6O3S/c16-12-3-4-13(17-9-12)10-22-20-15(19-21-22)11-1-5-14(6-2-11)26(24,25)18-7-8-23/h1-6,9,18,23H,7-8,10H2. The molecule has 2 N–H and O–H groups in total. The molecule has 0 unspecified atom stereocenters. The minimum atomic E-state index is -3.65. The van der Waals surface area contributed by atoms with Crippen molar-refractivity contribution < 1.29 is 13.5 Å². The number of halogens is 1. The van der Waals surface area contributed by atoms with E-state index in [4.69, 9.17) is 16.7 Å². The molecule has 0 spiro atoms. The van der Waals surface area contributed by atoms with Crippen LogP contribution in [0.2, 0.25) is 5.02 Å². The van der Waals surface area contributed by atoms with Crippen molar-refractivity contribution in [3.05, 3.63) is 53.3 Å². The summed E-state index contributed by atoms with van der Waals surface area (Å²) < 4.78 is 26.2. The number of hydrogen-bond donors (Lipinski definition) is 2. The average molecular weight is 395 g/mol. The van der Waals surface area contributed by atoms with Gasteiger partial charge < -0.3 is 5.11 Å². The monoisotopic (exact) mass is 394 g/mol. The summed E-state index contributed by atoms with van der Waals surface area (Å²) in [5.74, 6) is 0.367. The topological polar surface area (TPSA) is 123 Å². The average Bonchev–Trinajstić information content (AvgIpc) is 3.11. The molecular weight excluding hydrogens is 380 g/mol. The Kier molecular flexibility index (Phi) is 5.57. The van der Waals surface area contributed by atoms with Gasteiger partial charge in [-0.15, -0.1) is 10.2 Å². The zero-order chi connectivity index (χ0) is 18.6. The molecule has 0 saturated carbocycles. The van der Waals surface area contributed by atoms with Crippen LogP contribution < -0.4 is 4.72 Å². The van der Waals surface area contributed by atoms with E-state index in [1.54, 1.807) is 30.5 Å². The summed E-state index contributed by atoms with van der Waals surface area (Å²) >= 11 is 5.80. The van der Waals surface area contributed by atoms with Gasteiger partial charge in [0, 0.05) is 18.3 Å². The number of sulfonamides is 1. The van der Waals surface area contributed by atoms with Gasteiger partial charge in [-0.25, -0.2) is 13.1 Å². The molecule has 2 aromatic heterocycles. The van der Waals surface area contributed by atoms with E-state index in [9.17, 15) is 8.42 Å². The molecule has 0 aliphatic rings. The van der Waals surface area contributed by atoms with Crippen molar-refractivity contribution in [2.24, 2.45) is 0 Å². The van der Waals surface area contributed by atoms with Crippen molar-refractivity contribution in [2.75, 3.05) is 13.2 Å². The van der Waals surface area contributed by atoms with Gasteiger partial charge in [-0.05, 0) is 41.6 Å². The second kappa shape index (κ2) is 7.87. The lowest BCUT2D eigenvalue weighted by Crippen LogP contribution is -2.26. The van der Waals surface area contributed by atoms with Crippen molar-refractivity contribution in [3.8, 4) is 11.4 Å². The molecule has 0 aliphatic heterocycles. The first-order chi connectivity index (χ1) is 12.5. The molecule has 2 heterocycles. The SMILES string of the molecule is O=S(=O)(NCCO)c1ccc(-c2nnn(Cc3ccc(Cl)cn3)n2)cc1. The van der Waals surface area contributed by atoms with Gasteiger partial charge in [0.2, 0.25) is 15.8 Å². The summed E-state index contributed by atoms with van der Waals surface area (Å²) in [6.45, 7) is 0.0211. The summed E-state index contributed by atoms with van der Waals surface area (Å²) in [5, 5.41) is 21.5. The first-order valence-corrected chi connectivity index (χ1v) is 9.43. The maximum Gasteiger partial charge on any atom is 0.240 e. The van der Waals surface area contributed by atoms with Crippen LogP contribution in [0, 0.1) is 0 Å². The highest BCUT2D eigenvalue weighted by Gasteiger charge is 2.14. The highest BCUT2D eigenvalue weighted by Crippen LogP contribution is 2.17. The molecule has 26 heavy (non-hydrogen) atoms. The molecule has 0 aliphatic carbocycles. The van der Waals surface area contributed by atoms with Crippen LogP contribution in [0.3, 0.4) is 0 Å². The zero-order valence-corrected chi connectivity index (χ0v) is 15.0. The molecular formula is C15H15ClN6O3S. The Balaban J connectivity index is 1.74. The smallest absolute Gasteiger partial charge is 0.240 e. The summed E-state index contributed by atoms with van der Waals surface area (Å²) in [5.41, 5.74) is 1.36. The van der Waals surface area contributed by atoms with E-state index < -0.39 is 10.0 Å². The van der Waals surface area contributed by atoms with Crippen LogP contribution in [0.25, 0.3) is 11.4 Å². The number of aliphatic hydroxyl groups is 1. The predicted octanol–water partition coefficient (Wildman–Crippen LogP) is 0.707. The minimum Gasteiger partial charge on any atom is -0.395 e. The second-order valence-corrected chi connectivity index (χ2v) is 7.46. The maximum absolute atomic E-state index is 12.0. The van der Waals surface area contributed by atoms with Gasteiger partial charge in [-0.2, -0.15) is 4.80 Å². The highest BCUT2D eigenvalue weighted by atomic mass is 35.5. The Morgan fingerprint density at radius 3 is 2.58 bits per heavy atom. The van der Waals surface area contributed by atoms with Gasteiger partial charge in [-0.3, -0.25) is 4.98 Å². The number of aliphatic hydroxyl groups excluding tert-OH is 1. The van der Waals surface area contributed by atoms with Crippen LogP contribution >= 0.6 is 11.6 Å². The Morgan fingerprint density at radius 2 is 1.92 bits per heavy atom. The number of tetrazole rings is 1. The third-order valence-electron chi connectivity index (χ3n) is 3.37. The molecule has 0 amide bonds. The second-order valence-electron chi connectivity index (χ2n) is 5.26. The van der Waals surface area contributed by atoms with Gasteiger partial charge in [0.25, 0.3) is 0 Å². The van der Waals surface area contributed by atoms with Crippen LogP contribution in [-0.4, -0.2) is 51.9 Å². The number of benzene rings is 1. The van der Waals surface area contributed by atoms with Gasteiger partial charge >= 0.3 is 0 Å². The zero-order valence-electron chi connectivity index (χ0n) is 13.4. The summed E-state index contributed by atoms with van der Waals surface area (Å²) in [6.07, 6.45) is 1.54. The van der Waals surface area contributed by atoms with Gasteiger partial charge in [0.1, 0.15) is 6.54 Å². The number of rotatable bonds is 7. The Hall–Kier alpha value is -2.40. The summed E-state index contributed by atoms with van der Waals surface area (Å²) in [6, 6.07) is 9.56. The Morgan fingerprint density at radius 1 is 1.15 bits per heavy atom. The molecule has 136 valence electrons. The molecule has 9 nitrogen and oxygen atoms in total. The quantitative estimate of drug-likeness (QED) is 0.604. The molecule has 3 rings (SSSR count). The molecule has 0 fully saturated rings. The molecule has 0 saturated heterocycles. The maximum atomic E-state index is 12.0. The first-order valence-electron chi connectivity index (χ1n) is 7.57. The molecule has 0 radical (unpaired) electrons. The normalized spacial score (nSPS) is 11.6. The molecule has 1 aromatic carbocycles. The van der Waals surface area contributed by atoms with Gasteiger partial charge in [0.15, 0.2) is 0 Å². The molecule has 11 heteroatoms. The largest absolute Gasteiger partial charge is 0.395 e. The van der Waals surface area contributed by atoms with Crippen LogP contribution in [0.15, 0.2) is 47.5 Å². The van der Waals surface area contributed by atoms with Crippen LogP contribution in [0.1, 0.15) is 5.69 Å². The van der Waals surface area contributed by atoms with E-state index in [1.165, 1.54) is 16.9 Å². The molecule has 0 bridgehead atoms. The number of nitrogens with zero attached hydrogens (tertiary/aromatic N) is 5. The van der Waals surface area contributed by atoms with Crippen molar-refractivity contribution in [3.63, 3.8) is 0 Å². The van der Waals surface area contributed by atoms with Crippen molar-refractivity contribution in [1.82, 2.24) is 29.9 Å². The lowest BCUT2D eigenvalue weighted by molar-refractivity contribution is 0.301.